The van der Waals surface area contributed by atoms with E-state index in [1.807, 2.05) is 12.3 Å². The van der Waals surface area contributed by atoms with Crippen LogP contribution in [0.25, 0.3) is 0 Å². The van der Waals surface area contributed by atoms with Crippen LogP contribution in [-0.4, -0.2) is 42.0 Å². The molecule has 3 N–H and O–H groups in total. The number of thiazole rings is 1. The number of amides is 1. The smallest absolute Gasteiger partial charge is 0.240 e. The van der Waals surface area contributed by atoms with E-state index in [4.69, 9.17) is 5.73 Å². The lowest BCUT2D eigenvalue weighted by molar-refractivity contribution is -0.117. The van der Waals surface area contributed by atoms with Gasteiger partial charge in [0.25, 0.3) is 0 Å². The molecule has 1 aliphatic heterocycles. The standard InChI is InChI=1S/C13H22N4OS/c1-9-3-4-17(6-11(9)5-14)7-12(18)16-13-15-10(2)8-19-13/h8-9,11H,3-7,14H2,1-2H3,(H,15,16,18). The average Bonchev–Trinajstić information content (AvgIpc) is 2.77. The van der Waals surface area contributed by atoms with Crippen LogP contribution in [0.1, 0.15) is 19.0 Å². The molecule has 6 heteroatoms. The first-order valence-corrected chi connectivity index (χ1v) is 7.61. The molecule has 2 rings (SSSR count). The molecule has 1 amide bonds. The van der Waals surface area contributed by atoms with Crippen molar-refractivity contribution < 1.29 is 4.79 Å². The highest BCUT2D eigenvalue weighted by atomic mass is 32.1. The maximum Gasteiger partial charge on any atom is 0.240 e. The summed E-state index contributed by atoms with van der Waals surface area (Å²) in [6.07, 6.45) is 1.12. The van der Waals surface area contributed by atoms with Crippen LogP contribution < -0.4 is 11.1 Å². The molecule has 2 heterocycles. The van der Waals surface area contributed by atoms with Crippen molar-refractivity contribution in [2.45, 2.75) is 20.3 Å². The Morgan fingerprint density at radius 1 is 1.68 bits per heavy atom. The monoisotopic (exact) mass is 282 g/mol. The minimum atomic E-state index is 0.0136. The summed E-state index contributed by atoms with van der Waals surface area (Å²) >= 11 is 1.46. The number of aryl methyl sites for hydroxylation is 1. The van der Waals surface area contributed by atoms with Crippen LogP contribution in [-0.2, 0) is 4.79 Å². The molecule has 0 bridgehead atoms. The lowest BCUT2D eigenvalue weighted by Gasteiger charge is -2.36. The molecule has 19 heavy (non-hydrogen) atoms. The molecule has 0 spiro atoms. The van der Waals surface area contributed by atoms with E-state index < -0.39 is 0 Å². The van der Waals surface area contributed by atoms with Crippen LogP contribution >= 0.6 is 11.3 Å². The van der Waals surface area contributed by atoms with Gasteiger partial charge in [-0.05, 0) is 38.3 Å². The van der Waals surface area contributed by atoms with Gasteiger partial charge in [-0.15, -0.1) is 11.3 Å². The zero-order valence-corrected chi connectivity index (χ0v) is 12.4. The van der Waals surface area contributed by atoms with Crippen LogP contribution in [0, 0.1) is 18.8 Å². The molecular weight excluding hydrogens is 260 g/mol. The average molecular weight is 282 g/mol. The van der Waals surface area contributed by atoms with Crippen molar-refractivity contribution in [1.29, 1.82) is 0 Å². The number of piperidine rings is 1. The Kier molecular flexibility index (Phi) is 4.90. The van der Waals surface area contributed by atoms with Gasteiger partial charge in [0, 0.05) is 11.9 Å². The van der Waals surface area contributed by atoms with Crippen molar-refractivity contribution in [2.75, 3.05) is 31.5 Å². The normalized spacial score (nSPS) is 24.4. The van der Waals surface area contributed by atoms with Gasteiger partial charge < -0.3 is 11.1 Å². The molecule has 2 atom stereocenters. The molecule has 1 aromatic heterocycles. The van der Waals surface area contributed by atoms with Gasteiger partial charge in [-0.2, -0.15) is 0 Å². The third kappa shape index (κ3) is 3.99. The molecular formula is C13H22N4OS. The first-order valence-electron chi connectivity index (χ1n) is 6.73. The van der Waals surface area contributed by atoms with E-state index in [-0.39, 0.29) is 5.91 Å². The number of rotatable bonds is 4. The Hall–Kier alpha value is -0.980. The number of aromatic nitrogens is 1. The van der Waals surface area contributed by atoms with Crippen LogP contribution in [0.2, 0.25) is 0 Å². The maximum atomic E-state index is 11.9. The second-order valence-electron chi connectivity index (χ2n) is 5.34. The predicted molar refractivity (Wildman–Crippen MR) is 78.2 cm³/mol. The third-order valence-electron chi connectivity index (χ3n) is 3.73. The second kappa shape index (κ2) is 6.45. The zero-order chi connectivity index (χ0) is 13.8. The van der Waals surface area contributed by atoms with E-state index in [9.17, 15) is 4.79 Å². The fraction of sp³-hybridized carbons (Fsp3) is 0.692. The fourth-order valence-corrected chi connectivity index (χ4v) is 3.15. The van der Waals surface area contributed by atoms with Gasteiger partial charge in [-0.25, -0.2) is 4.98 Å². The van der Waals surface area contributed by atoms with E-state index in [1.165, 1.54) is 11.3 Å². The molecule has 0 saturated carbocycles. The Morgan fingerprint density at radius 3 is 3.11 bits per heavy atom. The summed E-state index contributed by atoms with van der Waals surface area (Å²) in [5, 5.41) is 5.47. The second-order valence-corrected chi connectivity index (χ2v) is 6.20. The van der Waals surface area contributed by atoms with Crippen molar-refractivity contribution >= 4 is 22.4 Å². The summed E-state index contributed by atoms with van der Waals surface area (Å²) in [7, 11) is 0. The summed E-state index contributed by atoms with van der Waals surface area (Å²) in [4.78, 5) is 18.4. The SMILES string of the molecule is Cc1csc(NC(=O)CN2CCC(C)C(CN)C2)n1. The molecule has 0 aromatic carbocycles. The minimum absolute atomic E-state index is 0.0136. The number of carbonyl (C=O) groups excluding carboxylic acids is 1. The zero-order valence-electron chi connectivity index (χ0n) is 11.6. The molecule has 1 saturated heterocycles. The number of nitrogens with one attached hydrogen (secondary N) is 1. The first-order chi connectivity index (χ1) is 9.08. The Balaban J connectivity index is 1.82. The van der Waals surface area contributed by atoms with Crippen LogP contribution in [0.3, 0.4) is 0 Å². The van der Waals surface area contributed by atoms with Crippen molar-refractivity contribution in [3.8, 4) is 0 Å². The molecule has 1 aromatic rings. The lowest BCUT2D eigenvalue weighted by atomic mass is 9.87. The van der Waals surface area contributed by atoms with Gasteiger partial charge in [0.05, 0.1) is 12.2 Å². The molecule has 106 valence electrons. The summed E-state index contributed by atoms with van der Waals surface area (Å²) < 4.78 is 0. The van der Waals surface area contributed by atoms with Crippen molar-refractivity contribution in [3.63, 3.8) is 0 Å². The molecule has 1 aliphatic rings. The summed E-state index contributed by atoms with van der Waals surface area (Å²) in [6, 6.07) is 0. The predicted octanol–water partition coefficient (Wildman–Crippen LogP) is 1.31. The minimum Gasteiger partial charge on any atom is -0.330 e. The van der Waals surface area contributed by atoms with Crippen LogP contribution in [0.5, 0.6) is 0 Å². The van der Waals surface area contributed by atoms with E-state index in [0.717, 1.165) is 25.2 Å². The van der Waals surface area contributed by atoms with E-state index in [1.54, 1.807) is 0 Å². The Morgan fingerprint density at radius 2 is 2.47 bits per heavy atom. The topological polar surface area (TPSA) is 71.2 Å². The highest BCUT2D eigenvalue weighted by molar-refractivity contribution is 7.13. The first kappa shape index (κ1) is 14.4. The van der Waals surface area contributed by atoms with Gasteiger partial charge in [-0.1, -0.05) is 6.92 Å². The number of hydrogen-bond acceptors (Lipinski definition) is 5. The molecule has 0 radical (unpaired) electrons. The van der Waals surface area contributed by atoms with Gasteiger partial charge in [0.15, 0.2) is 5.13 Å². The number of nitrogens with two attached hydrogens (primary N) is 1. The van der Waals surface area contributed by atoms with E-state index in [0.29, 0.717) is 30.1 Å². The lowest BCUT2D eigenvalue weighted by Crippen LogP contribution is -2.45. The van der Waals surface area contributed by atoms with Crippen molar-refractivity contribution in [1.82, 2.24) is 9.88 Å². The number of carbonyl (C=O) groups is 1. The van der Waals surface area contributed by atoms with Gasteiger partial charge in [-0.3, -0.25) is 9.69 Å². The fourth-order valence-electron chi connectivity index (χ4n) is 2.45. The molecule has 1 fully saturated rings. The molecule has 0 aliphatic carbocycles. The van der Waals surface area contributed by atoms with Gasteiger partial charge >= 0.3 is 0 Å². The quantitative estimate of drug-likeness (QED) is 0.873. The highest BCUT2D eigenvalue weighted by Gasteiger charge is 2.26. The third-order valence-corrected chi connectivity index (χ3v) is 4.61. The Bertz CT molecular complexity index is 434. The number of nitrogens with zero attached hydrogens (tertiary/aromatic N) is 2. The number of likely N-dealkylation sites (tertiary alicyclic amines) is 1. The molecule has 5 nitrogen and oxygen atoms in total. The number of hydrogen-bond donors (Lipinski definition) is 2. The van der Waals surface area contributed by atoms with Crippen LogP contribution in [0.15, 0.2) is 5.38 Å². The summed E-state index contributed by atoms with van der Waals surface area (Å²) in [5.74, 6) is 1.18. The summed E-state index contributed by atoms with van der Waals surface area (Å²) in [5.41, 5.74) is 6.72. The summed E-state index contributed by atoms with van der Waals surface area (Å²) in [6.45, 7) is 7.19. The molecule has 2 unspecified atom stereocenters. The van der Waals surface area contributed by atoms with Crippen molar-refractivity contribution in [3.05, 3.63) is 11.1 Å². The van der Waals surface area contributed by atoms with Gasteiger partial charge in [0.2, 0.25) is 5.91 Å². The largest absolute Gasteiger partial charge is 0.330 e. The van der Waals surface area contributed by atoms with E-state index in [2.05, 4.69) is 22.1 Å². The number of anilines is 1. The maximum absolute atomic E-state index is 11.9. The van der Waals surface area contributed by atoms with Gasteiger partial charge in [0.1, 0.15) is 0 Å². The van der Waals surface area contributed by atoms with E-state index >= 15 is 0 Å². The van der Waals surface area contributed by atoms with Crippen molar-refractivity contribution in [2.24, 2.45) is 17.6 Å². The van der Waals surface area contributed by atoms with Crippen LogP contribution in [0.4, 0.5) is 5.13 Å². The Labute approximate surface area is 118 Å². The highest BCUT2D eigenvalue weighted by Crippen LogP contribution is 2.22.